The van der Waals surface area contributed by atoms with Crippen LogP contribution in [-0.2, 0) is 0 Å². The summed E-state index contributed by atoms with van der Waals surface area (Å²) in [6, 6.07) is 27.8. The van der Waals surface area contributed by atoms with Gasteiger partial charge in [-0.2, -0.15) is 0 Å². The highest BCUT2D eigenvalue weighted by molar-refractivity contribution is 5.64. The number of hydrogen-bond acceptors (Lipinski definition) is 2. The topological polar surface area (TPSA) is 24.1 Å². The molecule has 0 bridgehead atoms. The molecule has 1 aliphatic heterocycles. The van der Waals surface area contributed by atoms with E-state index in [2.05, 4.69) is 77.6 Å². The van der Waals surface area contributed by atoms with Crippen molar-refractivity contribution < 1.29 is 0 Å². The van der Waals surface area contributed by atoms with Gasteiger partial charge in [0.25, 0.3) is 0 Å². The van der Waals surface area contributed by atoms with Gasteiger partial charge in [0.15, 0.2) is 0 Å². The second-order valence-electron chi connectivity index (χ2n) is 5.28. The summed E-state index contributed by atoms with van der Waals surface area (Å²) in [5.74, 6) is 0. The number of rotatable bonds is 2. The second kappa shape index (κ2) is 5.08. The first kappa shape index (κ1) is 12.2. The van der Waals surface area contributed by atoms with Crippen molar-refractivity contribution >= 4 is 5.69 Å². The molecule has 3 aromatic carbocycles. The van der Waals surface area contributed by atoms with Gasteiger partial charge in [-0.25, -0.2) is 5.43 Å². The van der Waals surface area contributed by atoms with E-state index in [0.717, 1.165) is 5.69 Å². The molecule has 1 heterocycles. The third-order valence-electron chi connectivity index (χ3n) is 3.97. The molecule has 0 fully saturated rings. The van der Waals surface area contributed by atoms with Crippen molar-refractivity contribution in [3.63, 3.8) is 0 Å². The molecule has 1 aliphatic rings. The van der Waals surface area contributed by atoms with Gasteiger partial charge in [-0.15, -0.1) is 0 Å². The highest BCUT2D eigenvalue weighted by Crippen LogP contribution is 2.33. The third-order valence-corrected chi connectivity index (χ3v) is 3.97. The Morgan fingerprint density at radius 2 is 1.29 bits per heavy atom. The number of hydrazine groups is 1. The molecule has 102 valence electrons. The fraction of sp³-hybridized carbons (Fsp3) is 0.0526. The number of anilines is 1. The van der Waals surface area contributed by atoms with Gasteiger partial charge < -0.3 is 5.43 Å². The molecule has 0 saturated heterocycles. The first-order chi connectivity index (χ1) is 10.4. The monoisotopic (exact) mass is 272 g/mol. The molecule has 0 spiro atoms. The molecule has 1 unspecified atom stereocenters. The maximum absolute atomic E-state index is 3.35. The van der Waals surface area contributed by atoms with Crippen LogP contribution < -0.4 is 10.9 Å². The normalized spacial score (nSPS) is 16.3. The molecule has 2 N–H and O–H groups in total. The molecular formula is C19H16N2. The lowest BCUT2D eigenvalue weighted by molar-refractivity contribution is 0.729. The summed E-state index contributed by atoms with van der Waals surface area (Å²) < 4.78 is 0. The molecule has 0 amide bonds. The number of benzene rings is 3. The van der Waals surface area contributed by atoms with Gasteiger partial charge in [0.2, 0.25) is 0 Å². The lowest BCUT2D eigenvalue weighted by Crippen LogP contribution is -2.19. The highest BCUT2D eigenvalue weighted by atomic mass is 15.4. The molecule has 2 nitrogen and oxygen atoms in total. The molecule has 0 aliphatic carbocycles. The van der Waals surface area contributed by atoms with Crippen molar-refractivity contribution in [2.24, 2.45) is 0 Å². The van der Waals surface area contributed by atoms with Crippen molar-refractivity contribution in [1.29, 1.82) is 0 Å². The van der Waals surface area contributed by atoms with E-state index >= 15 is 0 Å². The van der Waals surface area contributed by atoms with Gasteiger partial charge in [-0.1, -0.05) is 72.8 Å². The number of fused-ring (bicyclic) bond motifs is 1. The Hall–Kier alpha value is -2.58. The smallest absolute Gasteiger partial charge is 0.0780 e. The first-order valence-electron chi connectivity index (χ1n) is 7.18. The summed E-state index contributed by atoms with van der Waals surface area (Å²) >= 11 is 0. The minimum Gasteiger partial charge on any atom is -0.320 e. The van der Waals surface area contributed by atoms with Crippen LogP contribution in [0.1, 0.15) is 17.2 Å². The summed E-state index contributed by atoms with van der Waals surface area (Å²) in [5, 5.41) is 0. The maximum Gasteiger partial charge on any atom is 0.0780 e. The van der Waals surface area contributed by atoms with Crippen LogP contribution in [0.2, 0.25) is 0 Å². The molecule has 0 saturated carbocycles. The summed E-state index contributed by atoms with van der Waals surface area (Å²) in [5.41, 5.74) is 12.8. The zero-order valence-corrected chi connectivity index (χ0v) is 11.6. The van der Waals surface area contributed by atoms with Gasteiger partial charge >= 0.3 is 0 Å². The third kappa shape index (κ3) is 2.20. The van der Waals surface area contributed by atoms with E-state index in [9.17, 15) is 0 Å². The lowest BCUT2D eigenvalue weighted by atomic mass is 9.97. The Morgan fingerprint density at radius 1 is 0.619 bits per heavy atom. The quantitative estimate of drug-likeness (QED) is 0.723. The van der Waals surface area contributed by atoms with E-state index in [-0.39, 0.29) is 6.04 Å². The molecule has 1 atom stereocenters. The van der Waals surface area contributed by atoms with Gasteiger partial charge in [0, 0.05) is 0 Å². The van der Waals surface area contributed by atoms with E-state index < -0.39 is 0 Å². The van der Waals surface area contributed by atoms with E-state index in [1.807, 2.05) is 12.1 Å². The van der Waals surface area contributed by atoms with Crippen molar-refractivity contribution in [3.8, 4) is 11.1 Å². The predicted octanol–water partition coefficient (Wildman–Crippen LogP) is 4.37. The lowest BCUT2D eigenvalue weighted by Gasteiger charge is -2.12. The summed E-state index contributed by atoms with van der Waals surface area (Å²) in [6.07, 6.45) is 0. The van der Waals surface area contributed by atoms with Crippen LogP contribution in [0.4, 0.5) is 5.69 Å². The first-order valence-corrected chi connectivity index (χ1v) is 7.18. The molecule has 0 aromatic heterocycles. The molecule has 2 heteroatoms. The van der Waals surface area contributed by atoms with Crippen LogP contribution in [0.15, 0.2) is 78.9 Å². The Balaban J connectivity index is 1.66. The molecule has 3 aromatic rings. The van der Waals surface area contributed by atoms with Gasteiger partial charge in [-0.3, -0.25) is 0 Å². The zero-order chi connectivity index (χ0) is 14.1. The standard InChI is InChI=1S/C19H16N2/c1-2-6-14(7-3-1)15-10-12-16(13-11-15)19-17-8-4-5-9-18(17)20-21-19/h1-13,19-21H. The van der Waals surface area contributed by atoms with Crippen LogP contribution in [-0.4, -0.2) is 0 Å². The van der Waals surface area contributed by atoms with Crippen LogP contribution in [0.25, 0.3) is 11.1 Å². The number of hydrogen-bond donors (Lipinski definition) is 2. The second-order valence-corrected chi connectivity index (χ2v) is 5.28. The summed E-state index contributed by atoms with van der Waals surface area (Å²) in [6.45, 7) is 0. The Labute approximate surface area is 124 Å². The SMILES string of the molecule is c1ccc(-c2ccc(C3NNc4ccccc43)cc2)cc1. The number of nitrogens with one attached hydrogen (secondary N) is 2. The van der Waals surface area contributed by atoms with Crippen molar-refractivity contribution in [2.45, 2.75) is 6.04 Å². The molecule has 21 heavy (non-hydrogen) atoms. The van der Waals surface area contributed by atoms with Crippen LogP contribution in [0.3, 0.4) is 0 Å². The predicted molar refractivity (Wildman–Crippen MR) is 86.9 cm³/mol. The fourth-order valence-electron chi connectivity index (χ4n) is 2.85. The average Bonchev–Trinajstić information content (AvgIpc) is 3.00. The van der Waals surface area contributed by atoms with E-state index in [0.29, 0.717) is 0 Å². The van der Waals surface area contributed by atoms with E-state index in [1.54, 1.807) is 0 Å². The molecular weight excluding hydrogens is 256 g/mol. The van der Waals surface area contributed by atoms with Gasteiger partial charge in [0.05, 0.1) is 11.7 Å². The van der Waals surface area contributed by atoms with Crippen molar-refractivity contribution in [2.75, 3.05) is 5.43 Å². The summed E-state index contributed by atoms with van der Waals surface area (Å²) in [4.78, 5) is 0. The Bertz CT molecular complexity index is 748. The average molecular weight is 272 g/mol. The van der Waals surface area contributed by atoms with Crippen LogP contribution in [0.5, 0.6) is 0 Å². The molecule has 0 radical (unpaired) electrons. The summed E-state index contributed by atoms with van der Waals surface area (Å²) in [7, 11) is 0. The fourth-order valence-corrected chi connectivity index (χ4v) is 2.85. The Kier molecular flexibility index (Phi) is 2.94. The van der Waals surface area contributed by atoms with Gasteiger partial charge in [0.1, 0.15) is 0 Å². The largest absolute Gasteiger partial charge is 0.320 e. The molecule has 4 rings (SSSR count). The highest BCUT2D eigenvalue weighted by Gasteiger charge is 2.22. The van der Waals surface area contributed by atoms with E-state index in [1.165, 1.54) is 22.3 Å². The number of para-hydroxylation sites is 1. The maximum atomic E-state index is 3.35. The van der Waals surface area contributed by atoms with E-state index in [4.69, 9.17) is 0 Å². The van der Waals surface area contributed by atoms with Crippen LogP contribution in [0, 0.1) is 0 Å². The van der Waals surface area contributed by atoms with Crippen molar-refractivity contribution in [1.82, 2.24) is 5.43 Å². The zero-order valence-electron chi connectivity index (χ0n) is 11.6. The van der Waals surface area contributed by atoms with Crippen molar-refractivity contribution in [3.05, 3.63) is 90.0 Å². The van der Waals surface area contributed by atoms with Crippen LogP contribution >= 0.6 is 0 Å². The Morgan fingerprint density at radius 3 is 2.10 bits per heavy atom. The minimum atomic E-state index is 0.214. The minimum absolute atomic E-state index is 0.214. The van der Waals surface area contributed by atoms with Gasteiger partial charge in [-0.05, 0) is 28.3 Å².